The van der Waals surface area contributed by atoms with Crippen molar-refractivity contribution in [2.24, 2.45) is 5.92 Å². The number of fused-ring (bicyclic) bond motifs is 1. The average Bonchev–Trinajstić information content (AvgIpc) is 2.98. The van der Waals surface area contributed by atoms with E-state index in [4.69, 9.17) is 4.74 Å². The van der Waals surface area contributed by atoms with Gasteiger partial charge in [-0.25, -0.2) is 0 Å². The van der Waals surface area contributed by atoms with Gasteiger partial charge in [0.2, 0.25) is 0 Å². The number of benzene rings is 2. The van der Waals surface area contributed by atoms with Crippen LogP contribution in [0, 0.1) is 19.8 Å². The Morgan fingerprint density at radius 2 is 1.78 bits per heavy atom. The van der Waals surface area contributed by atoms with E-state index in [-0.39, 0.29) is 11.0 Å². The van der Waals surface area contributed by atoms with Crippen LogP contribution in [0.2, 0.25) is 0 Å². The van der Waals surface area contributed by atoms with Crippen LogP contribution < -0.4 is 10.1 Å². The summed E-state index contributed by atoms with van der Waals surface area (Å²) in [6, 6.07) is 13.6. The molecule has 27 heavy (non-hydrogen) atoms. The van der Waals surface area contributed by atoms with Gasteiger partial charge in [0.05, 0.1) is 12.6 Å². The van der Waals surface area contributed by atoms with Crippen molar-refractivity contribution >= 4 is 5.69 Å². The molecule has 3 atom stereocenters. The summed E-state index contributed by atoms with van der Waals surface area (Å²) in [5.41, 5.74) is 7.25. The maximum absolute atomic E-state index is 5.87. The molecule has 0 aromatic heterocycles. The van der Waals surface area contributed by atoms with Gasteiger partial charge in [-0.3, -0.25) is 0 Å². The van der Waals surface area contributed by atoms with E-state index < -0.39 is 0 Å². The highest BCUT2D eigenvalue weighted by molar-refractivity contribution is 5.73. The number of aryl methyl sites for hydroxylation is 1. The summed E-state index contributed by atoms with van der Waals surface area (Å²) >= 11 is 0. The van der Waals surface area contributed by atoms with Crippen molar-refractivity contribution in [3.63, 3.8) is 0 Å². The molecule has 2 aliphatic carbocycles. The third-order valence-electron chi connectivity index (χ3n) is 7.91. The van der Waals surface area contributed by atoms with Crippen LogP contribution in [0.1, 0.15) is 67.2 Å². The number of nitrogens with one attached hydrogen (secondary N) is 1. The summed E-state index contributed by atoms with van der Waals surface area (Å²) in [4.78, 5) is 0. The first kappa shape index (κ1) is 17.2. The van der Waals surface area contributed by atoms with Gasteiger partial charge in [0.1, 0.15) is 5.75 Å². The summed E-state index contributed by atoms with van der Waals surface area (Å²) in [5, 5.41) is 4.13. The molecule has 0 bridgehead atoms. The zero-order valence-electron chi connectivity index (χ0n) is 16.9. The molecule has 1 spiro atoms. The highest BCUT2D eigenvalue weighted by atomic mass is 16.5. The van der Waals surface area contributed by atoms with Crippen molar-refractivity contribution in [3.8, 4) is 5.75 Å². The molecular formula is C25H31NO. The van der Waals surface area contributed by atoms with Crippen LogP contribution in [-0.4, -0.2) is 7.11 Å². The van der Waals surface area contributed by atoms with Gasteiger partial charge < -0.3 is 10.1 Å². The molecule has 3 aliphatic rings. The second kappa shape index (κ2) is 6.02. The first-order valence-electron chi connectivity index (χ1n) is 10.7. The van der Waals surface area contributed by atoms with Gasteiger partial charge in [-0.05, 0) is 73.8 Å². The smallest absolute Gasteiger partial charge is 0.125 e. The predicted molar refractivity (Wildman–Crippen MR) is 112 cm³/mol. The number of hydrogen-bond acceptors (Lipinski definition) is 2. The van der Waals surface area contributed by atoms with E-state index in [1.807, 2.05) is 7.11 Å². The van der Waals surface area contributed by atoms with Gasteiger partial charge in [-0.15, -0.1) is 0 Å². The Labute approximate surface area is 163 Å². The van der Waals surface area contributed by atoms with Crippen molar-refractivity contribution < 1.29 is 4.74 Å². The van der Waals surface area contributed by atoms with E-state index in [0.29, 0.717) is 0 Å². The standard InChI is InChI=1S/C25H31NO/c1-17-16-21-22(18(2)23(17)27-3)24-14-8-7-10-19(24)13-9-15-25(24,26-21)20-11-5-4-6-12-20/h4-6,11-12,16,19,26H,7-10,13-15H2,1-3H3/t19-,24-,25?/m0/s1. The topological polar surface area (TPSA) is 21.3 Å². The van der Waals surface area contributed by atoms with Gasteiger partial charge in [0, 0.05) is 11.1 Å². The Kier molecular flexibility index (Phi) is 3.83. The first-order chi connectivity index (χ1) is 13.1. The molecule has 2 aromatic rings. The van der Waals surface area contributed by atoms with Crippen molar-refractivity contribution in [1.82, 2.24) is 0 Å². The third kappa shape index (κ3) is 2.07. The zero-order valence-corrected chi connectivity index (χ0v) is 16.9. The van der Waals surface area contributed by atoms with Crippen LogP contribution in [0.4, 0.5) is 5.69 Å². The molecule has 0 amide bonds. The first-order valence-corrected chi connectivity index (χ1v) is 10.7. The lowest BCUT2D eigenvalue weighted by Gasteiger charge is -2.57. The van der Waals surface area contributed by atoms with Gasteiger partial charge >= 0.3 is 0 Å². The Morgan fingerprint density at radius 1 is 1.00 bits per heavy atom. The number of hydrogen-bond donors (Lipinski definition) is 1. The second-order valence-electron chi connectivity index (χ2n) is 8.98. The second-order valence-corrected chi connectivity index (χ2v) is 8.98. The molecule has 142 valence electrons. The summed E-state index contributed by atoms with van der Waals surface area (Å²) < 4.78 is 5.87. The summed E-state index contributed by atoms with van der Waals surface area (Å²) in [6.07, 6.45) is 9.28. The molecule has 2 fully saturated rings. The molecule has 2 heteroatoms. The lowest BCUT2D eigenvalue weighted by molar-refractivity contribution is 0.0559. The molecule has 1 aliphatic heterocycles. The zero-order chi connectivity index (χ0) is 18.6. The molecule has 2 aromatic carbocycles. The molecular weight excluding hydrogens is 330 g/mol. The molecule has 1 heterocycles. The number of anilines is 1. The van der Waals surface area contributed by atoms with Crippen molar-refractivity contribution in [2.45, 2.75) is 69.7 Å². The Balaban J connectivity index is 1.83. The van der Waals surface area contributed by atoms with E-state index in [1.165, 1.54) is 67.3 Å². The van der Waals surface area contributed by atoms with Gasteiger partial charge in [0.15, 0.2) is 0 Å². The van der Waals surface area contributed by atoms with E-state index in [2.05, 4.69) is 55.6 Å². The highest BCUT2D eigenvalue weighted by Gasteiger charge is 2.64. The maximum Gasteiger partial charge on any atom is 0.125 e. The van der Waals surface area contributed by atoms with E-state index in [0.717, 1.165) is 11.7 Å². The Morgan fingerprint density at radius 3 is 2.56 bits per heavy atom. The molecule has 2 saturated carbocycles. The predicted octanol–water partition coefficient (Wildman–Crippen LogP) is 6.24. The van der Waals surface area contributed by atoms with E-state index in [9.17, 15) is 0 Å². The fourth-order valence-corrected chi connectivity index (χ4v) is 7.13. The van der Waals surface area contributed by atoms with Crippen LogP contribution in [0.5, 0.6) is 5.75 Å². The van der Waals surface area contributed by atoms with Crippen molar-refractivity contribution in [1.29, 1.82) is 0 Å². The third-order valence-corrected chi connectivity index (χ3v) is 7.91. The minimum Gasteiger partial charge on any atom is -0.496 e. The monoisotopic (exact) mass is 361 g/mol. The quantitative estimate of drug-likeness (QED) is 0.683. The van der Waals surface area contributed by atoms with Gasteiger partial charge in [-0.1, -0.05) is 49.6 Å². The van der Waals surface area contributed by atoms with Crippen LogP contribution >= 0.6 is 0 Å². The molecule has 1 unspecified atom stereocenters. The largest absolute Gasteiger partial charge is 0.496 e. The highest BCUT2D eigenvalue weighted by Crippen LogP contribution is 2.67. The van der Waals surface area contributed by atoms with Crippen LogP contribution in [0.3, 0.4) is 0 Å². The van der Waals surface area contributed by atoms with Gasteiger partial charge in [0.25, 0.3) is 0 Å². The Hall–Kier alpha value is -1.96. The minimum atomic E-state index is 0.0312. The molecule has 2 nitrogen and oxygen atoms in total. The van der Waals surface area contributed by atoms with E-state index in [1.54, 1.807) is 5.56 Å². The van der Waals surface area contributed by atoms with Crippen molar-refractivity contribution in [3.05, 3.63) is 58.7 Å². The normalized spacial score (nSPS) is 31.4. The fourth-order valence-electron chi connectivity index (χ4n) is 7.13. The summed E-state index contributed by atoms with van der Waals surface area (Å²) in [6.45, 7) is 4.48. The molecule has 0 saturated heterocycles. The number of rotatable bonds is 2. The molecule has 5 rings (SSSR count). The fraction of sp³-hybridized carbons (Fsp3) is 0.520. The molecule has 1 N–H and O–H groups in total. The van der Waals surface area contributed by atoms with Crippen molar-refractivity contribution in [2.75, 3.05) is 12.4 Å². The number of ether oxygens (including phenoxy) is 1. The summed E-state index contributed by atoms with van der Waals surface area (Å²) in [5.74, 6) is 1.85. The lowest BCUT2D eigenvalue weighted by atomic mass is 9.48. The average molecular weight is 362 g/mol. The minimum absolute atomic E-state index is 0.0312. The molecule has 0 radical (unpaired) electrons. The lowest BCUT2D eigenvalue weighted by Crippen LogP contribution is -2.57. The van der Waals surface area contributed by atoms with Crippen LogP contribution in [-0.2, 0) is 11.0 Å². The van der Waals surface area contributed by atoms with E-state index >= 15 is 0 Å². The van der Waals surface area contributed by atoms with Crippen LogP contribution in [0.25, 0.3) is 0 Å². The SMILES string of the molecule is COc1c(C)cc2c(c1C)[C@]13CCCC[C@H]1CCCC3(c1ccccc1)N2. The Bertz CT molecular complexity index is 872. The van der Waals surface area contributed by atoms with Gasteiger partial charge in [-0.2, -0.15) is 0 Å². The summed E-state index contributed by atoms with van der Waals surface area (Å²) in [7, 11) is 1.82. The maximum atomic E-state index is 5.87. The van der Waals surface area contributed by atoms with Crippen LogP contribution in [0.15, 0.2) is 36.4 Å². The number of methoxy groups -OCH3 is 1.